The van der Waals surface area contributed by atoms with Crippen LogP contribution in [0.4, 0.5) is 0 Å². The van der Waals surface area contributed by atoms with Gasteiger partial charge in [-0.3, -0.25) is 9.69 Å². The van der Waals surface area contributed by atoms with E-state index in [0.29, 0.717) is 24.4 Å². The summed E-state index contributed by atoms with van der Waals surface area (Å²) in [7, 11) is 0. The number of hydrogen-bond acceptors (Lipinski definition) is 3. The molecule has 4 nitrogen and oxygen atoms in total. The minimum atomic E-state index is 0.347. The third-order valence-corrected chi connectivity index (χ3v) is 5.37. The number of rotatable bonds is 3. The minimum absolute atomic E-state index is 0.347. The van der Waals surface area contributed by atoms with E-state index >= 15 is 0 Å². The predicted molar refractivity (Wildman–Crippen MR) is 84.9 cm³/mol. The van der Waals surface area contributed by atoms with Crippen LogP contribution in [0.3, 0.4) is 0 Å². The molecule has 3 rings (SSSR count). The Kier molecular flexibility index (Phi) is 4.96. The third kappa shape index (κ3) is 3.86. The topological polar surface area (TPSA) is 49.6 Å². The summed E-state index contributed by atoms with van der Waals surface area (Å²) in [4.78, 5) is 17.1. The van der Waals surface area contributed by atoms with Crippen LogP contribution in [-0.2, 0) is 4.79 Å². The van der Waals surface area contributed by atoms with Gasteiger partial charge in [0.05, 0.1) is 0 Å². The van der Waals surface area contributed by atoms with E-state index in [-0.39, 0.29) is 0 Å². The summed E-state index contributed by atoms with van der Waals surface area (Å²) in [5.74, 6) is 0.347. The van der Waals surface area contributed by atoms with Crippen LogP contribution in [0.5, 0.6) is 0 Å². The summed E-state index contributed by atoms with van der Waals surface area (Å²) < 4.78 is 0. The van der Waals surface area contributed by atoms with Crippen molar-refractivity contribution < 1.29 is 4.79 Å². The number of hydrogen-bond donors (Lipinski definition) is 1. The number of carbonyl (C=O) groups excluding carboxylic acids is 1. The third-order valence-electron chi connectivity index (χ3n) is 5.37. The van der Waals surface area contributed by atoms with Crippen molar-refractivity contribution >= 4 is 5.91 Å². The van der Waals surface area contributed by atoms with Gasteiger partial charge in [0.15, 0.2) is 0 Å². The lowest BCUT2D eigenvalue weighted by Crippen LogP contribution is -2.46. The van der Waals surface area contributed by atoms with E-state index in [2.05, 4.69) is 15.9 Å². The van der Waals surface area contributed by atoms with Gasteiger partial charge in [0.25, 0.3) is 0 Å². The molecule has 0 aromatic carbocycles. The summed E-state index contributed by atoms with van der Waals surface area (Å²) in [6, 6.07) is 0.959. The number of amides is 1. The van der Waals surface area contributed by atoms with E-state index in [1.807, 2.05) is 0 Å². The van der Waals surface area contributed by atoms with Gasteiger partial charge in [-0.15, -0.1) is 0 Å². The first kappa shape index (κ1) is 15.0. The molecular weight excluding hydrogens is 262 g/mol. The molecule has 0 bridgehead atoms. The molecule has 0 aromatic rings. The summed E-state index contributed by atoms with van der Waals surface area (Å²) in [5, 5.41) is 0. The highest BCUT2D eigenvalue weighted by atomic mass is 16.2. The number of piperidine rings is 1. The van der Waals surface area contributed by atoms with Gasteiger partial charge in [0.1, 0.15) is 0 Å². The highest BCUT2D eigenvalue weighted by Crippen LogP contribution is 2.24. The summed E-state index contributed by atoms with van der Waals surface area (Å²) in [6.07, 6.45) is 11.2. The quantitative estimate of drug-likeness (QED) is 0.808. The van der Waals surface area contributed by atoms with E-state index in [0.717, 1.165) is 51.9 Å². The molecule has 3 aliphatic rings. The summed E-state index contributed by atoms with van der Waals surface area (Å²) >= 11 is 0. The Morgan fingerprint density at radius 2 is 2.00 bits per heavy atom. The Morgan fingerprint density at radius 3 is 2.71 bits per heavy atom. The van der Waals surface area contributed by atoms with Crippen molar-refractivity contribution in [1.29, 1.82) is 0 Å². The van der Waals surface area contributed by atoms with Gasteiger partial charge < -0.3 is 10.6 Å². The van der Waals surface area contributed by atoms with Crippen LogP contribution >= 0.6 is 0 Å². The van der Waals surface area contributed by atoms with Crippen LogP contribution < -0.4 is 5.73 Å². The van der Waals surface area contributed by atoms with E-state index in [4.69, 9.17) is 5.73 Å². The van der Waals surface area contributed by atoms with Crippen molar-refractivity contribution in [2.24, 2.45) is 5.73 Å². The van der Waals surface area contributed by atoms with E-state index in [9.17, 15) is 4.79 Å². The van der Waals surface area contributed by atoms with E-state index < -0.39 is 0 Å². The molecule has 2 fully saturated rings. The molecular formula is C17H29N3O. The molecule has 2 saturated heterocycles. The lowest BCUT2D eigenvalue weighted by molar-refractivity contribution is -0.129. The molecule has 0 radical (unpaired) electrons. The van der Waals surface area contributed by atoms with Gasteiger partial charge in [0.2, 0.25) is 5.91 Å². The van der Waals surface area contributed by atoms with Gasteiger partial charge in [-0.05, 0) is 58.0 Å². The molecule has 0 spiro atoms. The van der Waals surface area contributed by atoms with Crippen LogP contribution in [0, 0.1) is 0 Å². The first-order valence-corrected chi connectivity index (χ1v) is 8.67. The number of carbonyl (C=O) groups is 1. The molecule has 2 aliphatic heterocycles. The fourth-order valence-corrected chi connectivity index (χ4v) is 3.92. The van der Waals surface area contributed by atoms with Crippen LogP contribution in [0.25, 0.3) is 0 Å². The highest BCUT2D eigenvalue weighted by molar-refractivity contribution is 5.79. The second-order valence-corrected chi connectivity index (χ2v) is 6.94. The van der Waals surface area contributed by atoms with Crippen molar-refractivity contribution in [3.05, 3.63) is 11.6 Å². The number of likely N-dealkylation sites (tertiary alicyclic amines) is 2. The molecule has 2 N–H and O–H groups in total. The minimum Gasteiger partial charge on any atom is -0.341 e. The second-order valence-electron chi connectivity index (χ2n) is 6.94. The van der Waals surface area contributed by atoms with E-state index in [1.54, 1.807) is 0 Å². The molecule has 21 heavy (non-hydrogen) atoms. The first-order valence-electron chi connectivity index (χ1n) is 8.67. The molecule has 1 amide bonds. The van der Waals surface area contributed by atoms with Gasteiger partial charge in [-0.2, -0.15) is 0 Å². The Labute approximate surface area is 128 Å². The van der Waals surface area contributed by atoms with Gasteiger partial charge in [-0.25, -0.2) is 0 Å². The maximum absolute atomic E-state index is 12.4. The van der Waals surface area contributed by atoms with E-state index in [1.165, 1.54) is 24.8 Å². The average Bonchev–Trinajstić information content (AvgIpc) is 2.99. The van der Waals surface area contributed by atoms with Crippen molar-refractivity contribution in [3.63, 3.8) is 0 Å². The Balaban J connectivity index is 1.47. The molecule has 4 heteroatoms. The summed E-state index contributed by atoms with van der Waals surface area (Å²) in [6.45, 7) is 4.10. The van der Waals surface area contributed by atoms with Crippen molar-refractivity contribution in [1.82, 2.24) is 9.80 Å². The zero-order chi connectivity index (χ0) is 14.7. The second kappa shape index (κ2) is 6.93. The van der Waals surface area contributed by atoms with Gasteiger partial charge in [0, 0.05) is 31.6 Å². The number of allylic oxidation sites excluding steroid dienone is 1. The van der Waals surface area contributed by atoms with Gasteiger partial charge >= 0.3 is 0 Å². The SMILES string of the molecule is NC1CCN(C2CCN(C(=O)CC3=CCCCC3)C2)CC1. The molecule has 1 atom stereocenters. The Hall–Kier alpha value is -0.870. The largest absolute Gasteiger partial charge is 0.341 e. The van der Waals surface area contributed by atoms with Crippen LogP contribution in [0.2, 0.25) is 0 Å². The fourth-order valence-electron chi connectivity index (χ4n) is 3.92. The Morgan fingerprint density at radius 1 is 1.19 bits per heavy atom. The van der Waals surface area contributed by atoms with Crippen molar-refractivity contribution in [2.45, 2.75) is 63.5 Å². The molecule has 1 unspecified atom stereocenters. The monoisotopic (exact) mass is 291 g/mol. The Bertz CT molecular complexity index is 399. The van der Waals surface area contributed by atoms with Crippen LogP contribution in [0.1, 0.15) is 51.4 Å². The number of nitrogens with two attached hydrogens (primary N) is 1. The average molecular weight is 291 g/mol. The molecule has 118 valence electrons. The molecule has 0 aromatic heterocycles. The van der Waals surface area contributed by atoms with Crippen LogP contribution in [0.15, 0.2) is 11.6 Å². The summed E-state index contributed by atoms with van der Waals surface area (Å²) in [5.41, 5.74) is 7.35. The normalized spacial score (nSPS) is 28.7. The van der Waals surface area contributed by atoms with Crippen LogP contribution in [-0.4, -0.2) is 54.0 Å². The lowest BCUT2D eigenvalue weighted by atomic mass is 9.97. The van der Waals surface area contributed by atoms with Crippen molar-refractivity contribution in [3.8, 4) is 0 Å². The zero-order valence-electron chi connectivity index (χ0n) is 13.1. The van der Waals surface area contributed by atoms with Crippen molar-refractivity contribution in [2.75, 3.05) is 26.2 Å². The smallest absolute Gasteiger partial charge is 0.226 e. The molecule has 1 aliphatic carbocycles. The standard InChI is InChI=1S/C17H29N3O/c18-15-6-9-19(10-7-15)16-8-11-20(13-16)17(21)12-14-4-2-1-3-5-14/h4,15-16H,1-3,5-13,18H2. The maximum Gasteiger partial charge on any atom is 0.226 e. The molecule has 0 saturated carbocycles. The first-order chi connectivity index (χ1) is 10.2. The highest BCUT2D eigenvalue weighted by Gasteiger charge is 2.31. The maximum atomic E-state index is 12.4. The number of nitrogens with zero attached hydrogens (tertiary/aromatic N) is 2. The lowest BCUT2D eigenvalue weighted by Gasteiger charge is -2.34. The van der Waals surface area contributed by atoms with Gasteiger partial charge in [-0.1, -0.05) is 11.6 Å². The molecule has 2 heterocycles. The fraction of sp³-hybridized carbons (Fsp3) is 0.824. The predicted octanol–water partition coefficient (Wildman–Crippen LogP) is 1.90. The zero-order valence-corrected chi connectivity index (χ0v) is 13.1.